The second-order valence-electron chi connectivity index (χ2n) is 5.44. The molecule has 1 amide bonds. The van der Waals surface area contributed by atoms with E-state index in [1.165, 1.54) is 0 Å². The molecule has 0 aliphatic rings. The van der Waals surface area contributed by atoms with Gasteiger partial charge in [-0.15, -0.1) is 0 Å². The van der Waals surface area contributed by atoms with E-state index in [4.69, 9.17) is 4.74 Å². The Kier molecular flexibility index (Phi) is 3.73. The summed E-state index contributed by atoms with van der Waals surface area (Å²) in [5, 5.41) is 8.07. The Morgan fingerprint density at radius 1 is 1.26 bits per heavy atom. The number of aromatic nitrogens is 3. The van der Waals surface area contributed by atoms with Crippen molar-refractivity contribution >= 4 is 22.6 Å². The van der Waals surface area contributed by atoms with Crippen molar-refractivity contribution in [1.29, 1.82) is 0 Å². The third-order valence-corrected chi connectivity index (χ3v) is 3.78. The van der Waals surface area contributed by atoms with Gasteiger partial charge in [-0.1, -0.05) is 0 Å². The van der Waals surface area contributed by atoms with Gasteiger partial charge in [0.1, 0.15) is 5.75 Å². The normalized spacial score (nSPS) is 10.8. The molecule has 2 heterocycles. The lowest BCUT2D eigenvalue weighted by molar-refractivity contribution is 0.102. The van der Waals surface area contributed by atoms with E-state index in [-0.39, 0.29) is 5.91 Å². The van der Waals surface area contributed by atoms with Crippen molar-refractivity contribution in [3.8, 4) is 5.75 Å². The van der Waals surface area contributed by atoms with Crippen LogP contribution in [-0.4, -0.2) is 27.8 Å². The van der Waals surface area contributed by atoms with Gasteiger partial charge >= 0.3 is 0 Å². The van der Waals surface area contributed by atoms with Gasteiger partial charge < -0.3 is 10.1 Å². The number of benzene rings is 1. The summed E-state index contributed by atoms with van der Waals surface area (Å²) in [4.78, 5) is 16.8. The molecule has 0 aliphatic heterocycles. The molecule has 0 unspecified atom stereocenters. The highest BCUT2D eigenvalue weighted by atomic mass is 16.5. The van der Waals surface area contributed by atoms with Crippen molar-refractivity contribution < 1.29 is 9.53 Å². The van der Waals surface area contributed by atoms with Gasteiger partial charge in [0.2, 0.25) is 0 Å². The number of anilines is 1. The van der Waals surface area contributed by atoms with Gasteiger partial charge in [0, 0.05) is 24.3 Å². The van der Waals surface area contributed by atoms with Gasteiger partial charge in [-0.3, -0.25) is 9.48 Å². The smallest absolute Gasteiger partial charge is 0.257 e. The Morgan fingerprint density at radius 2 is 2.04 bits per heavy atom. The second-order valence-corrected chi connectivity index (χ2v) is 5.44. The molecule has 0 radical (unpaired) electrons. The summed E-state index contributed by atoms with van der Waals surface area (Å²) in [5.74, 6) is 0.587. The van der Waals surface area contributed by atoms with Crippen LogP contribution >= 0.6 is 0 Å². The predicted molar refractivity (Wildman–Crippen MR) is 88.9 cm³/mol. The number of fused-ring (bicyclic) bond motifs is 1. The van der Waals surface area contributed by atoms with Crippen molar-refractivity contribution in [2.24, 2.45) is 7.05 Å². The van der Waals surface area contributed by atoms with Crippen LogP contribution in [0.4, 0.5) is 5.69 Å². The summed E-state index contributed by atoms with van der Waals surface area (Å²) in [6.07, 6.45) is 1.56. The molecule has 0 saturated heterocycles. The Bertz CT molecular complexity index is 899. The van der Waals surface area contributed by atoms with E-state index in [2.05, 4.69) is 15.4 Å². The molecule has 2 aromatic heterocycles. The van der Waals surface area contributed by atoms with Crippen LogP contribution in [0.3, 0.4) is 0 Å². The van der Waals surface area contributed by atoms with Crippen LogP contribution in [0.25, 0.3) is 11.0 Å². The molecule has 0 aliphatic carbocycles. The molecule has 0 saturated carbocycles. The number of ether oxygens (including phenoxy) is 1. The Labute approximate surface area is 134 Å². The van der Waals surface area contributed by atoms with Gasteiger partial charge in [0.25, 0.3) is 5.91 Å². The van der Waals surface area contributed by atoms with E-state index in [0.29, 0.717) is 5.56 Å². The Balaban J connectivity index is 1.88. The molecule has 0 spiro atoms. The van der Waals surface area contributed by atoms with Crippen molar-refractivity contribution in [3.63, 3.8) is 0 Å². The molecule has 0 bridgehead atoms. The molecular weight excluding hydrogens is 292 g/mol. The van der Waals surface area contributed by atoms with Crippen molar-refractivity contribution in [3.05, 3.63) is 47.3 Å². The summed E-state index contributed by atoms with van der Waals surface area (Å²) in [6.45, 7) is 3.83. The van der Waals surface area contributed by atoms with Gasteiger partial charge in [0.05, 0.1) is 18.4 Å². The molecule has 23 heavy (non-hydrogen) atoms. The van der Waals surface area contributed by atoms with Gasteiger partial charge in [-0.25, -0.2) is 4.98 Å². The zero-order chi connectivity index (χ0) is 16.6. The first kappa shape index (κ1) is 15.0. The average molecular weight is 310 g/mol. The number of carbonyl (C=O) groups is 1. The minimum atomic E-state index is -0.202. The molecular formula is C17H18N4O2. The summed E-state index contributed by atoms with van der Waals surface area (Å²) in [5.41, 5.74) is 3.80. The third kappa shape index (κ3) is 2.75. The number of rotatable bonds is 3. The lowest BCUT2D eigenvalue weighted by Gasteiger charge is -2.09. The summed E-state index contributed by atoms with van der Waals surface area (Å²) in [7, 11) is 3.46. The van der Waals surface area contributed by atoms with E-state index in [1.54, 1.807) is 18.0 Å². The van der Waals surface area contributed by atoms with Gasteiger partial charge in [-0.05, 0) is 43.7 Å². The van der Waals surface area contributed by atoms with E-state index in [1.807, 2.05) is 45.2 Å². The lowest BCUT2D eigenvalue weighted by Crippen LogP contribution is -2.12. The maximum Gasteiger partial charge on any atom is 0.257 e. The quantitative estimate of drug-likeness (QED) is 0.807. The molecule has 0 fully saturated rings. The average Bonchev–Trinajstić information content (AvgIpc) is 2.82. The van der Waals surface area contributed by atoms with Crippen molar-refractivity contribution in [1.82, 2.24) is 14.8 Å². The summed E-state index contributed by atoms with van der Waals surface area (Å²) in [6, 6.07) is 7.33. The van der Waals surface area contributed by atoms with Crippen LogP contribution in [0, 0.1) is 13.8 Å². The molecule has 1 aromatic carbocycles. The highest BCUT2D eigenvalue weighted by molar-refractivity contribution is 6.05. The fourth-order valence-corrected chi connectivity index (χ4v) is 2.59. The number of methoxy groups -OCH3 is 1. The van der Waals surface area contributed by atoms with Gasteiger partial charge in [0.15, 0.2) is 5.65 Å². The fraction of sp³-hybridized carbons (Fsp3) is 0.235. The summed E-state index contributed by atoms with van der Waals surface area (Å²) < 4.78 is 6.93. The number of nitrogens with one attached hydrogen (secondary N) is 1. The zero-order valence-electron chi connectivity index (χ0n) is 13.5. The molecule has 0 atom stereocenters. The van der Waals surface area contributed by atoms with Crippen molar-refractivity contribution in [2.75, 3.05) is 12.4 Å². The van der Waals surface area contributed by atoms with Gasteiger partial charge in [-0.2, -0.15) is 5.10 Å². The molecule has 118 valence electrons. The third-order valence-electron chi connectivity index (χ3n) is 3.78. The van der Waals surface area contributed by atoms with Crippen LogP contribution in [0.2, 0.25) is 0 Å². The maximum absolute atomic E-state index is 12.4. The van der Waals surface area contributed by atoms with Crippen LogP contribution in [0.15, 0.2) is 30.5 Å². The first-order valence-electron chi connectivity index (χ1n) is 7.25. The van der Waals surface area contributed by atoms with E-state index in [9.17, 15) is 4.79 Å². The summed E-state index contributed by atoms with van der Waals surface area (Å²) >= 11 is 0. The SMILES string of the molecule is COc1ccc(NC(=O)c2cnc3c(c2)c(C)nn3C)cc1C. The monoisotopic (exact) mass is 310 g/mol. The highest BCUT2D eigenvalue weighted by Gasteiger charge is 2.12. The minimum Gasteiger partial charge on any atom is -0.496 e. The molecule has 6 nitrogen and oxygen atoms in total. The first-order valence-corrected chi connectivity index (χ1v) is 7.25. The van der Waals surface area contributed by atoms with Crippen LogP contribution in [0.1, 0.15) is 21.6 Å². The molecule has 6 heteroatoms. The van der Waals surface area contributed by atoms with E-state index < -0.39 is 0 Å². The van der Waals surface area contributed by atoms with E-state index >= 15 is 0 Å². The maximum atomic E-state index is 12.4. The number of hydrogen-bond donors (Lipinski definition) is 1. The predicted octanol–water partition coefficient (Wildman–Crippen LogP) is 2.85. The number of carbonyl (C=O) groups excluding carboxylic acids is 1. The zero-order valence-corrected chi connectivity index (χ0v) is 13.5. The number of hydrogen-bond acceptors (Lipinski definition) is 4. The number of pyridine rings is 1. The molecule has 1 N–H and O–H groups in total. The number of aryl methyl sites for hydroxylation is 3. The Morgan fingerprint density at radius 3 is 2.74 bits per heavy atom. The molecule has 3 aromatic rings. The fourth-order valence-electron chi connectivity index (χ4n) is 2.59. The lowest BCUT2D eigenvalue weighted by atomic mass is 10.1. The number of amides is 1. The largest absolute Gasteiger partial charge is 0.496 e. The first-order chi connectivity index (χ1) is 11.0. The van der Waals surface area contributed by atoms with E-state index in [0.717, 1.165) is 33.7 Å². The topological polar surface area (TPSA) is 69.0 Å². The Hall–Kier alpha value is -2.89. The second kappa shape index (κ2) is 5.72. The van der Waals surface area contributed by atoms with Crippen molar-refractivity contribution in [2.45, 2.75) is 13.8 Å². The van der Waals surface area contributed by atoms with Crippen LogP contribution < -0.4 is 10.1 Å². The highest BCUT2D eigenvalue weighted by Crippen LogP contribution is 2.22. The van der Waals surface area contributed by atoms with Crippen LogP contribution in [0.5, 0.6) is 5.75 Å². The standard InChI is InChI=1S/C17H18N4O2/c1-10-7-13(5-6-15(10)23-4)19-17(22)12-8-14-11(2)20-21(3)16(14)18-9-12/h5-9H,1-4H3,(H,19,22). The molecule has 3 rings (SSSR count). The number of nitrogens with zero attached hydrogens (tertiary/aromatic N) is 3. The minimum absolute atomic E-state index is 0.202. The van der Waals surface area contributed by atoms with Crippen LogP contribution in [-0.2, 0) is 7.05 Å².